The molecule has 1 heterocycles. The van der Waals surface area contributed by atoms with Crippen LogP contribution in [0.15, 0.2) is 0 Å². The van der Waals surface area contributed by atoms with Gasteiger partial charge in [-0.25, -0.2) is 0 Å². The Balaban J connectivity index is 2.11. The maximum Gasteiger partial charge on any atom is 0.306 e. The summed E-state index contributed by atoms with van der Waals surface area (Å²) in [4.78, 5) is 25.1. The second-order valence-electron chi connectivity index (χ2n) is 15.3. The molecular weight excluding hydrogens is 648 g/mol. The number of unbranched alkanes of at least 4 members (excludes halogenated alkanes) is 20. The van der Waals surface area contributed by atoms with E-state index in [0.717, 1.165) is 116 Å². The van der Waals surface area contributed by atoms with Crippen LogP contribution in [0.4, 0.5) is 0 Å². The van der Waals surface area contributed by atoms with Crippen molar-refractivity contribution in [3.05, 3.63) is 0 Å². The van der Waals surface area contributed by atoms with Crippen LogP contribution >= 0.6 is 0 Å². The van der Waals surface area contributed by atoms with E-state index in [1.807, 2.05) is 0 Å². The minimum absolute atomic E-state index is 0.0474. The minimum Gasteiger partial charge on any atom is -0.457 e. The van der Waals surface area contributed by atoms with Gasteiger partial charge in [0.25, 0.3) is 0 Å². The van der Waals surface area contributed by atoms with E-state index in [1.54, 1.807) is 0 Å². The number of rotatable bonds is 36. The number of carbonyl (C=O) groups is 2. The lowest BCUT2D eigenvalue weighted by Gasteiger charge is -2.27. The maximum atomic E-state index is 12.6. The van der Waals surface area contributed by atoms with Crippen LogP contribution in [-0.2, 0) is 23.8 Å². The molecule has 0 aliphatic carbocycles. The predicted octanol–water partition coefficient (Wildman–Crippen LogP) is 9.03. The third kappa shape index (κ3) is 26.2. The number of hydrogen-bond donors (Lipinski definition) is 4. The summed E-state index contributed by atoms with van der Waals surface area (Å²) in [6.07, 6.45) is 26.4. The third-order valence-corrected chi connectivity index (χ3v) is 10.4. The molecule has 1 fully saturated rings. The number of ether oxygens (including phenoxy) is 3. The molecule has 0 amide bonds. The van der Waals surface area contributed by atoms with Crippen molar-refractivity contribution in [3.8, 4) is 0 Å². The molecule has 0 aromatic rings. The van der Waals surface area contributed by atoms with Gasteiger partial charge in [-0.1, -0.05) is 155 Å². The molecule has 51 heavy (non-hydrogen) atoms. The van der Waals surface area contributed by atoms with Crippen LogP contribution in [0.3, 0.4) is 0 Å². The quantitative estimate of drug-likeness (QED) is 0.0367. The molecule has 1 saturated heterocycles. The van der Waals surface area contributed by atoms with E-state index in [1.165, 1.54) is 51.4 Å². The largest absolute Gasteiger partial charge is 0.457 e. The Morgan fingerprint density at radius 2 is 0.961 bits per heavy atom. The van der Waals surface area contributed by atoms with Crippen LogP contribution in [0, 0.1) is 0 Å². The molecule has 0 aromatic carbocycles. The molecule has 0 spiro atoms. The Labute approximate surface area is 312 Å². The maximum absolute atomic E-state index is 12.6. The highest BCUT2D eigenvalue weighted by Crippen LogP contribution is 2.24. The summed E-state index contributed by atoms with van der Waals surface area (Å²) in [5.41, 5.74) is 0. The highest BCUT2D eigenvalue weighted by atomic mass is 16.6. The van der Waals surface area contributed by atoms with Crippen LogP contribution < -0.4 is 0 Å². The molecule has 0 saturated carbocycles. The van der Waals surface area contributed by atoms with Gasteiger partial charge in [0, 0.05) is 12.8 Å². The van der Waals surface area contributed by atoms with Crippen molar-refractivity contribution in [2.45, 2.75) is 243 Å². The van der Waals surface area contributed by atoms with Crippen LogP contribution in [0.1, 0.15) is 206 Å². The fraction of sp³-hybridized carbons (Fsp3) is 0.952. The van der Waals surface area contributed by atoms with Gasteiger partial charge in [0.05, 0.1) is 25.4 Å². The Morgan fingerprint density at radius 1 is 0.588 bits per heavy atom. The highest BCUT2D eigenvalue weighted by molar-refractivity contribution is 5.70. The lowest BCUT2D eigenvalue weighted by Crippen LogP contribution is -2.45. The molecule has 1 aliphatic heterocycles. The minimum atomic E-state index is -1.03. The molecule has 4 N–H and O–H groups in total. The smallest absolute Gasteiger partial charge is 0.306 e. The van der Waals surface area contributed by atoms with Crippen molar-refractivity contribution in [1.82, 2.24) is 0 Å². The average Bonchev–Trinajstić information content (AvgIpc) is 3.47. The molecule has 0 aromatic heterocycles. The second kappa shape index (κ2) is 33.3. The normalized spacial score (nSPS) is 19.2. The van der Waals surface area contributed by atoms with Gasteiger partial charge in [0.1, 0.15) is 12.2 Å². The summed E-state index contributed by atoms with van der Waals surface area (Å²) in [7, 11) is 0. The first-order chi connectivity index (χ1) is 24.8. The summed E-state index contributed by atoms with van der Waals surface area (Å²) in [5, 5.41) is 40.6. The zero-order chi connectivity index (χ0) is 37.4. The fourth-order valence-corrected chi connectivity index (χ4v) is 7.05. The van der Waals surface area contributed by atoms with Crippen molar-refractivity contribution in [3.63, 3.8) is 0 Å². The second-order valence-corrected chi connectivity index (χ2v) is 15.3. The standard InChI is InChI=1S/C42H80O9/c1-3-5-7-21-27-35(44)29-23-17-13-9-11-15-19-25-31-39(47)50-38(33-43)42-41(37(46)34-49-42)51-40(48)32-26-20-16-12-10-14-18-24-30-36(45)28-22-8-6-4-2/h35-38,41-46H,3-34H2,1-2H3/t35?,36?,37-,38+,41+,42+/m0/s1. The Kier molecular flexibility index (Phi) is 31.2. The van der Waals surface area contributed by atoms with E-state index in [9.17, 15) is 30.0 Å². The Hall–Kier alpha value is -1.26. The van der Waals surface area contributed by atoms with Gasteiger partial charge in [-0.15, -0.1) is 0 Å². The first-order valence-electron chi connectivity index (χ1n) is 21.5. The Morgan fingerprint density at radius 3 is 1.37 bits per heavy atom. The zero-order valence-electron chi connectivity index (χ0n) is 32.9. The van der Waals surface area contributed by atoms with Gasteiger partial charge in [-0.3, -0.25) is 9.59 Å². The van der Waals surface area contributed by atoms with Crippen LogP contribution in [-0.4, -0.2) is 82.2 Å². The van der Waals surface area contributed by atoms with Crippen molar-refractivity contribution >= 4 is 11.9 Å². The van der Waals surface area contributed by atoms with Crippen molar-refractivity contribution in [1.29, 1.82) is 0 Å². The Bertz CT molecular complexity index is 809. The molecule has 302 valence electrons. The number of aliphatic hydroxyl groups excluding tert-OH is 4. The van der Waals surface area contributed by atoms with Gasteiger partial charge in [-0.2, -0.15) is 0 Å². The summed E-state index contributed by atoms with van der Waals surface area (Å²) >= 11 is 0. The van der Waals surface area contributed by atoms with Crippen molar-refractivity contribution in [2.75, 3.05) is 13.2 Å². The molecular formula is C42H80O9. The SMILES string of the molecule is CCCCCCC(O)CCCCCCCCCCC(=O)O[C@H]1[C@@H]([C@@H](CO)OC(=O)CCCCCCCCCCC(O)CCCCCC)OC[C@@H]1O. The molecule has 1 rings (SSSR count). The van der Waals surface area contributed by atoms with Crippen molar-refractivity contribution in [2.24, 2.45) is 0 Å². The van der Waals surface area contributed by atoms with Crippen molar-refractivity contribution < 1.29 is 44.2 Å². The average molecular weight is 729 g/mol. The van der Waals surface area contributed by atoms with Gasteiger partial charge in [0.2, 0.25) is 0 Å². The number of carbonyl (C=O) groups excluding carboxylic acids is 2. The predicted molar refractivity (Wildman–Crippen MR) is 204 cm³/mol. The topological polar surface area (TPSA) is 143 Å². The third-order valence-electron chi connectivity index (χ3n) is 10.4. The van der Waals surface area contributed by atoms with Crippen LogP contribution in [0.25, 0.3) is 0 Å². The molecule has 6 atom stereocenters. The van der Waals surface area contributed by atoms with Gasteiger partial charge in [0.15, 0.2) is 12.2 Å². The summed E-state index contributed by atoms with van der Waals surface area (Å²) in [5.74, 6) is -0.839. The van der Waals surface area contributed by atoms with Gasteiger partial charge >= 0.3 is 11.9 Å². The zero-order valence-corrected chi connectivity index (χ0v) is 32.9. The summed E-state index contributed by atoms with van der Waals surface area (Å²) < 4.78 is 16.7. The first kappa shape index (κ1) is 47.8. The first-order valence-corrected chi connectivity index (χ1v) is 21.5. The molecule has 0 radical (unpaired) electrons. The molecule has 9 nitrogen and oxygen atoms in total. The van der Waals surface area contributed by atoms with Gasteiger partial charge < -0.3 is 34.6 Å². The fourth-order valence-electron chi connectivity index (χ4n) is 7.05. The lowest BCUT2D eigenvalue weighted by molar-refractivity contribution is -0.171. The van der Waals surface area contributed by atoms with E-state index < -0.39 is 43.0 Å². The van der Waals surface area contributed by atoms with E-state index in [2.05, 4.69) is 13.8 Å². The molecule has 9 heteroatoms. The number of aliphatic hydroxyl groups is 4. The van der Waals surface area contributed by atoms with E-state index >= 15 is 0 Å². The molecule has 0 bridgehead atoms. The van der Waals surface area contributed by atoms with Gasteiger partial charge in [-0.05, 0) is 38.5 Å². The van der Waals surface area contributed by atoms with E-state index in [4.69, 9.17) is 14.2 Å². The molecule has 2 unspecified atom stereocenters. The van der Waals surface area contributed by atoms with E-state index in [-0.39, 0.29) is 31.7 Å². The number of hydrogen-bond acceptors (Lipinski definition) is 9. The van der Waals surface area contributed by atoms with E-state index in [0.29, 0.717) is 12.8 Å². The molecule has 1 aliphatic rings. The lowest BCUT2D eigenvalue weighted by atomic mass is 10.0. The monoisotopic (exact) mass is 729 g/mol. The van der Waals surface area contributed by atoms with Crippen LogP contribution in [0.5, 0.6) is 0 Å². The number of esters is 2. The highest BCUT2D eigenvalue weighted by Gasteiger charge is 2.45. The van der Waals surface area contributed by atoms with Crippen LogP contribution in [0.2, 0.25) is 0 Å². The summed E-state index contributed by atoms with van der Waals surface area (Å²) in [6.45, 7) is 3.88. The summed E-state index contributed by atoms with van der Waals surface area (Å²) in [6, 6.07) is 0.